The minimum absolute atomic E-state index is 0.0200. The predicted octanol–water partition coefficient (Wildman–Crippen LogP) is 5.88. The number of rotatable bonds is 2. The zero-order chi connectivity index (χ0) is 25.6. The number of halogens is 7. The van der Waals surface area contributed by atoms with Crippen molar-refractivity contribution >= 4 is 23.6 Å². The van der Waals surface area contributed by atoms with Crippen LogP contribution in [0.5, 0.6) is 0 Å². The number of ether oxygens (including phenoxy) is 1. The lowest BCUT2D eigenvalue weighted by Crippen LogP contribution is -2.58. The molecule has 0 saturated carbocycles. The molecule has 2 saturated heterocycles. The number of hydrogen-bond donors (Lipinski definition) is 1. The summed E-state index contributed by atoms with van der Waals surface area (Å²) in [4.78, 5) is 26.1. The molecule has 2 amide bonds. The number of nitrogens with one attached hydrogen (secondary N) is 1. The summed E-state index contributed by atoms with van der Waals surface area (Å²) in [5.74, 6) is -1.25. The molecule has 12 heteroatoms. The van der Waals surface area contributed by atoms with Crippen molar-refractivity contribution in [2.45, 2.75) is 36.7 Å². The van der Waals surface area contributed by atoms with E-state index in [1.165, 1.54) is 4.90 Å². The van der Waals surface area contributed by atoms with Crippen LogP contribution in [0.1, 0.15) is 45.8 Å². The molecule has 0 aliphatic carbocycles. The van der Waals surface area contributed by atoms with Gasteiger partial charge in [0.15, 0.2) is 0 Å². The summed E-state index contributed by atoms with van der Waals surface area (Å²) in [5, 5.41) is 3.15. The Labute approximate surface area is 201 Å². The van der Waals surface area contributed by atoms with Gasteiger partial charge < -0.3 is 15.0 Å². The lowest BCUT2D eigenvalue weighted by Gasteiger charge is -2.48. The van der Waals surface area contributed by atoms with Gasteiger partial charge in [-0.1, -0.05) is 23.7 Å². The van der Waals surface area contributed by atoms with E-state index in [4.69, 9.17) is 16.3 Å². The second kappa shape index (κ2) is 8.92. The predicted molar refractivity (Wildman–Crippen MR) is 113 cm³/mol. The molecule has 2 aliphatic heterocycles. The third-order valence-corrected chi connectivity index (χ3v) is 6.64. The van der Waals surface area contributed by atoms with Gasteiger partial charge in [-0.2, -0.15) is 26.3 Å². The van der Waals surface area contributed by atoms with E-state index in [0.29, 0.717) is 17.2 Å². The molecule has 35 heavy (non-hydrogen) atoms. The zero-order valence-corrected chi connectivity index (χ0v) is 18.7. The lowest BCUT2D eigenvalue weighted by atomic mass is 9.74. The lowest BCUT2D eigenvalue weighted by molar-refractivity contribution is -0.143. The van der Waals surface area contributed by atoms with Crippen molar-refractivity contribution in [3.63, 3.8) is 0 Å². The van der Waals surface area contributed by atoms with Crippen molar-refractivity contribution in [2.24, 2.45) is 0 Å². The highest BCUT2D eigenvalue weighted by atomic mass is 35.5. The number of amides is 2. The topological polar surface area (TPSA) is 58.6 Å². The van der Waals surface area contributed by atoms with Crippen LogP contribution in [0, 0.1) is 0 Å². The Balaban J connectivity index is 1.58. The van der Waals surface area contributed by atoms with Gasteiger partial charge in [0.25, 0.3) is 5.91 Å². The van der Waals surface area contributed by atoms with Crippen molar-refractivity contribution in [3.05, 3.63) is 69.7 Å². The van der Waals surface area contributed by atoms with Crippen molar-refractivity contribution in [1.29, 1.82) is 0 Å². The summed E-state index contributed by atoms with van der Waals surface area (Å²) < 4.78 is 84.8. The molecule has 1 N–H and O–H groups in total. The molecule has 1 spiro atoms. The first-order chi connectivity index (χ1) is 16.3. The number of likely N-dealkylation sites (tertiary alicyclic amines) is 1. The van der Waals surface area contributed by atoms with Gasteiger partial charge in [-0.3, -0.25) is 4.79 Å². The summed E-state index contributed by atoms with van der Waals surface area (Å²) in [7, 11) is 0. The van der Waals surface area contributed by atoms with Gasteiger partial charge >= 0.3 is 18.4 Å². The molecule has 188 valence electrons. The molecule has 2 heterocycles. The fourth-order valence-electron chi connectivity index (χ4n) is 4.58. The van der Waals surface area contributed by atoms with E-state index >= 15 is 0 Å². The monoisotopic (exact) mass is 520 g/mol. The quantitative estimate of drug-likeness (QED) is 0.503. The van der Waals surface area contributed by atoms with Crippen LogP contribution < -0.4 is 5.32 Å². The Morgan fingerprint density at radius 1 is 0.971 bits per heavy atom. The van der Waals surface area contributed by atoms with Gasteiger partial charge in [-0.15, -0.1) is 0 Å². The van der Waals surface area contributed by atoms with E-state index < -0.39 is 46.6 Å². The fourth-order valence-corrected chi connectivity index (χ4v) is 4.71. The van der Waals surface area contributed by atoms with E-state index in [9.17, 15) is 35.9 Å². The molecule has 0 bridgehead atoms. The molecule has 0 unspecified atom stereocenters. The maximum Gasteiger partial charge on any atom is 0.416 e. The molecule has 1 atom stereocenters. The van der Waals surface area contributed by atoms with Crippen LogP contribution in [-0.4, -0.2) is 42.1 Å². The van der Waals surface area contributed by atoms with Crippen LogP contribution in [0.2, 0.25) is 5.02 Å². The number of hydrogen-bond acceptors (Lipinski definition) is 3. The number of alkyl halides is 6. The smallest absolute Gasteiger partial charge is 0.416 e. The first-order valence-electron chi connectivity index (χ1n) is 10.6. The number of benzene rings is 2. The molecule has 2 aromatic rings. The third-order valence-electron chi connectivity index (χ3n) is 6.39. The SMILES string of the molecule is O=C1NC[C@H](c2ccc(Cl)cc2)C2(CCN(C(=O)c3cc(C(F)(F)F)cc(C(F)(F)F)c3)CC2)O1. The second-order valence-corrected chi connectivity index (χ2v) is 8.96. The first-order valence-corrected chi connectivity index (χ1v) is 11.0. The van der Waals surface area contributed by atoms with Crippen LogP contribution >= 0.6 is 11.6 Å². The molecular formula is C23H19ClF6N2O3. The van der Waals surface area contributed by atoms with E-state index in [-0.39, 0.29) is 44.5 Å². The molecule has 0 aromatic heterocycles. The van der Waals surface area contributed by atoms with Crippen molar-refractivity contribution in [2.75, 3.05) is 19.6 Å². The van der Waals surface area contributed by atoms with Gasteiger partial charge in [0.1, 0.15) is 5.60 Å². The number of carbonyl (C=O) groups excluding carboxylic acids is 2. The Bertz CT molecular complexity index is 1090. The summed E-state index contributed by atoms with van der Waals surface area (Å²) in [5.41, 5.74) is -3.97. The van der Waals surface area contributed by atoms with E-state index in [0.717, 1.165) is 5.56 Å². The first kappa shape index (κ1) is 25.2. The van der Waals surface area contributed by atoms with Crippen molar-refractivity contribution in [3.8, 4) is 0 Å². The minimum Gasteiger partial charge on any atom is -0.442 e. The van der Waals surface area contributed by atoms with Crippen LogP contribution in [-0.2, 0) is 17.1 Å². The standard InChI is InChI=1S/C23H19ClF6N2O3/c24-17-3-1-13(2-4-17)18-12-31-20(34)35-21(18)5-7-32(8-6-21)19(33)14-9-15(22(25,26)27)11-16(10-14)23(28,29)30/h1-4,9-11,18H,5-8,12H2,(H,31,34)/t18-/m1/s1. The minimum atomic E-state index is -5.06. The van der Waals surface area contributed by atoms with Crippen LogP contribution in [0.25, 0.3) is 0 Å². The summed E-state index contributed by atoms with van der Waals surface area (Å²) in [6.45, 7) is 0.221. The maximum absolute atomic E-state index is 13.2. The Hall–Kier alpha value is -2.95. The molecule has 5 nitrogen and oxygen atoms in total. The van der Waals surface area contributed by atoms with E-state index in [1.54, 1.807) is 24.3 Å². The Kier molecular flexibility index (Phi) is 6.41. The molecule has 2 fully saturated rings. The third kappa shape index (κ3) is 5.19. The highest BCUT2D eigenvalue weighted by Crippen LogP contribution is 2.43. The fraction of sp³-hybridized carbons (Fsp3) is 0.391. The number of carbonyl (C=O) groups is 2. The molecular weight excluding hydrogens is 502 g/mol. The van der Waals surface area contributed by atoms with Crippen molar-refractivity contribution < 1.29 is 40.7 Å². The molecule has 0 radical (unpaired) electrons. The maximum atomic E-state index is 13.2. The number of piperidine rings is 1. The zero-order valence-electron chi connectivity index (χ0n) is 18.0. The largest absolute Gasteiger partial charge is 0.442 e. The number of nitrogens with zero attached hydrogens (tertiary/aromatic N) is 1. The normalized spacial score (nSPS) is 20.4. The molecule has 2 aromatic carbocycles. The summed E-state index contributed by atoms with van der Waals surface area (Å²) >= 11 is 5.96. The van der Waals surface area contributed by atoms with Gasteiger partial charge in [0.05, 0.1) is 11.1 Å². The Morgan fingerprint density at radius 2 is 1.51 bits per heavy atom. The Morgan fingerprint density at radius 3 is 2.03 bits per heavy atom. The summed E-state index contributed by atoms with van der Waals surface area (Å²) in [6.07, 6.45) is -10.4. The van der Waals surface area contributed by atoms with Gasteiger partial charge in [0, 0.05) is 49.0 Å². The highest BCUT2D eigenvalue weighted by molar-refractivity contribution is 6.30. The second-order valence-electron chi connectivity index (χ2n) is 8.53. The van der Waals surface area contributed by atoms with Crippen molar-refractivity contribution in [1.82, 2.24) is 10.2 Å². The highest BCUT2D eigenvalue weighted by Gasteiger charge is 2.49. The number of alkyl carbamates (subject to hydrolysis) is 1. The molecule has 2 aliphatic rings. The van der Waals surface area contributed by atoms with Gasteiger partial charge in [-0.05, 0) is 35.9 Å². The van der Waals surface area contributed by atoms with Gasteiger partial charge in [-0.25, -0.2) is 4.79 Å². The van der Waals surface area contributed by atoms with Crippen LogP contribution in [0.3, 0.4) is 0 Å². The van der Waals surface area contributed by atoms with Crippen LogP contribution in [0.15, 0.2) is 42.5 Å². The average molecular weight is 521 g/mol. The molecule has 4 rings (SSSR count). The van der Waals surface area contributed by atoms with Gasteiger partial charge in [0.2, 0.25) is 0 Å². The van der Waals surface area contributed by atoms with Crippen LogP contribution in [0.4, 0.5) is 31.1 Å². The van der Waals surface area contributed by atoms with E-state index in [1.807, 2.05) is 0 Å². The summed E-state index contributed by atoms with van der Waals surface area (Å²) in [6, 6.07) is 7.76. The van der Waals surface area contributed by atoms with E-state index in [2.05, 4.69) is 5.32 Å². The average Bonchev–Trinajstić information content (AvgIpc) is 2.78.